The van der Waals surface area contributed by atoms with Crippen molar-refractivity contribution in [3.8, 4) is 0 Å². The molecule has 0 spiro atoms. The fourth-order valence-corrected chi connectivity index (χ4v) is 3.08. The third-order valence-corrected chi connectivity index (χ3v) is 5.27. The first-order valence-corrected chi connectivity index (χ1v) is 8.06. The lowest BCUT2D eigenvalue weighted by molar-refractivity contribution is -0.0233. The van der Waals surface area contributed by atoms with Crippen LogP contribution in [0.1, 0.15) is 49.9 Å². The molecule has 0 aromatic heterocycles. The van der Waals surface area contributed by atoms with Gasteiger partial charge in [0.25, 0.3) is 5.91 Å². The molecule has 1 aliphatic rings. The van der Waals surface area contributed by atoms with Gasteiger partial charge in [0.2, 0.25) is 0 Å². The quantitative estimate of drug-likeness (QED) is 0.730. The number of hydrogen-bond donors (Lipinski definition) is 3. The van der Waals surface area contributed by atoms with Crippen molar-refractivity contribution in [2.75, 3.05) is 12.3 Å². The summed E-state index contributed by atoms with van der Waals surface area (Å²) < 4.78 is 0.597. The van der Waals surface area contributed by atoms with Gasteiger partial charge in [0.1, 0.15) is 0 Å². The van der Waals surface area contributed by atoms with Crippen molar-refractivity contribution in [2.24, 2.45) is 5.41 Å². The highest BCUT2D eigenvalue weighted by molar-refractivity contribution is 9.10. The minimum Gasteiger partial charge on any atom is -0.398 e. The van der Waals surface area contributed by atoms with Gasteiger partial charge in [-0.25, -0.2) is 0 Å². The number of nitrogens with one attached hydrogen (secondary N) is 1. The molecule has 0 atom stereocenters. The van der Waals surface area contributed by atoms with Crippen molar-refractivity contribution in [3.63, 3.8) is 0 Å². The maximum atomic E-state index is 12.2. The molecular formula is C16H23BrN2O2. The normalized spacial score (nSPS) is 20.0. The highest BCUT2D eigenvalue weighted by atomic mass is 79.9. The Morgan fingerprint density at radius 2 is 1.95 bits per heavy atom. The maximum Gasteiger partial charge on any atom is 0.252 e. The van der Waals surface area contributed by atoms with Gasteiger partial charge in [-0.05, 0) is 59.2 Å². The van der Waals surface area contributed by atoms with Crippen LogP contribution in [0.2, 0.25) is 0 Å². The van der Waals surface area contributed by atoms with E-state index >= 15 is 0 Å². The topological polar surface area (TPSA) is 75.3 Å². The summed E-state index contributed by atoms with van der Waals surface area (Å²) in [5.41, 5.74) is 6.29. The molecule has 21 heavy (non-hydrogen) atoms. The van der Waals surface area contributed by atoms with E-state index < -0.39 is 5.60 Å². The second kappa shape index (κ2) is 5.97. The summed E-state index contributed by atoms with van der Waals surface area (Å²) >= 11 is 3.33. The van der Waals surface area contributed by atoms with E-state index in [1.807, 2.05) is 0 Å². The van der Waals surface area contributed by atoms with Gasteiger partial charge in [0.15, 0.2) is 0 Å². The highest BCUT2D eigenvalue weighted by Gasteiger charge is 2.36. The summed E-state index contributed by atoms with van der Waals surface area (Å²) in [5.74, 6) is -0.215. The van der Waals surface area contributed by atoms with Gasteiger partial charge in [0.05, 0.1) is 15.6 Å². The van der Waals surface area contributed by atoms with Crippen LogP contribution < -0.4 is 11.1 Å². The predicted octanol–water partition coefficient (Wildman–Crippen LogP) is 3.09. The lowest BCUT2D eigenvalue weighted by atomic mass is 9.71. The summed E-state index contributed by atoms with van der Waals surface area (Å²) in [6.45, 7) is 4.72. The minimum absolute atomic E-state index is 0.215. The van der Waals surface area contributed by atoms with Crippen LogP contribution in [-0.2, 0) is 0 Å². The van der Waals surface area contributed by atoms with Crippen LogP contribution in [-0.4, -0.2) is 23.2 Å². The molecule has 1 aromatic rings. The largest absolute Gasteiger partial charge is 0.398 e. The Bertz CT molecular complexity index is 533. The molecule has 5 heteroatoms. The van der Waals surface area contributed by atoms with E-state index in [4.69, 9.17) is 5.73 Å². The third kappa shape index (κ3) is 3.98. The van der Waals surface area contributed by atoms with Crippen molar-refractivity contribution in [1.82, 2.24) is 5.32 Å². The minimum atomic E-state index is -0.794. The molecule has 0 saturated heterocycles. The van der Waals surface area contributed by atoms with E-state index in [1.54, 1.807) is 18.2 Å². The first kappa shape index (κ1) is 16.3. The third-order valence-electron chi connectivity index (χ3n) is 4.39. The summed E-state index contributed by atoms with van der Waals surface area (Å²) in [4.78, 5) is 12.2. The Kier molecular flexibility index (Phi) is 4.63. The van der Waals surface area contributed by atoms with Crippen molar-refractivity contribution in [3.05, 3.63) is 28.2 Å². The Hall–Kier alpha value is -1.07. The zero-order valence-corrected chi connectivity index (χ0v) is 14.2. The molecule has 4 N–H and O–H groups in total. The van der Waals surface area contributed by atoms with Crippen LogP contribution >= 0.6 is 15.9 Å². The zero-order chi connectivity index (χ0) is 15.7. The molecule has 1 saturated carbocycles. The van der Waals surface area contributed by atoms with Gasteiger partial charge in [-0.2, -0.15) is 0 Å². The van der Waals surface area contributed by atoms with Gasteiger partial charge in [-0.1, -0.05) is 19.9 Å². The van der Waals surface area contributed by atoms with Crippen LogP contribution in [0, 0.1) is 5.41 Å². The molecule has 0 radical (unpaired) electrons. The molecule has 0 aliphatic heterocycles. The Morgan fingerprint density at radius 1 is 1.33 bits per heavy atom. The van der Waals surface area contributed by atoms with Crippen molar-refractivity contribution in [1.29, 1.82) is 0 Å². The molecular weight excluding hydrogens is 332 g/mol. The van der Waals surface area contributed by atoms with Crippen molar-refractivity contribution >= 4 is 27.5 Å². The number of nitrogens with two attached hydrogens (primary N) is 1. The Morgan fingerprint density at radius 3 is 2.57 bits per heavy atom. The number of carbonyl (C=O) groups excluding carboxylic acids is 1. The summed E-state index contributed by atoms with van der Waals surface area (Å²) in [5, 5.41) is 13.4. The fourth-order valence-electron chi connectivity index (χ4n) is 2.63. The van der Waals surface area contributed by atoms with E-state index in [0.717, 1.165) is 25.7 Å². The number of rotatable bonds is 3. The van der Waals surface area contributed by atoms with E-state index in [0.29, 0.717) is 15.7 Å². The highest BCUT2D eigenvalue weighted by Crippen LogP contribution is 2.39. The van der Waals surface area contributed by atoms with Gasteiger partial charge in [0, 0.05) is 12.2 Å². The number of amides is 1. The first-order chi connectivity index (χ1) is 9.72. The van der Waals surface area contributed by atoms with Crippen LogP contribution in [0.25, 0.3) is 0 Å². The van der Waals surface area contributed by atoms with Gasteiger partial charge < -0.3 is 16.2 Å². The lowest BCUT2D eigenvalue weighted by Crippen LogP contribution is -2.46. The molecule has 1 amide bonds. The Labute approximate surface area is 134 Å². The van der Waals surface area contributed by atoms with Crippen LogP contribution in [0.4, 0.5) is 5.69 Å². The number of anilines is 1. The molecule has 116 valence electrons. The van der Waals surface area contributed by atoms with Gasteiger partial charge >= 0.3 is 0 Å². The number of halogens is 1. The SMILES string of the molecule is CC1(C)CCC(O)(CNC(=O)c2cccc(N)c2Br)CC1. The van der Waals surface area contributed by atoms with Crippen molar-refractivity contribution < 1.29 is 9.90 Å². The molecule has 0 unspecified atom stereocenters. The van der Waals surface area contributed by atoms with Crippen molar-refractivity contribution in [2.45, 2.75) is 45.1 Å². The van der Waals surface area contributed by atoms with Crippen LogP contribution in [0.3, 0.4) is 0 Å². The average Bonchev–Trinajstić information content (AvgIpc) is 2.43. The predicted molar refractivity (Wildman–Crippen MR) is 88.1 cm³/mol. The molecule has 1 fully saturated rings. The lowest BCUT2D eigenvalue weighted by Gasteiger charge is -2.40. The summed E-state index contributed by atoms with van der Waals surface area (Å²) in [6, 6.07) is 5.19. The van der Waals surface area contributed by atoms with E-state index in [-0.39, 0.29) is 17.9 Å². The van der Waals surface area contributed by atoms with E-state index in [1.165, 1.54) is 0 Å². The number of aliphatic hydroxyl groups is 1. The number of benzene rings is 1. The number of hydrogen-bond acceptors (Lipinski definition) is 3. The second-order valence-corrected chi connectivity index (χ2v) is 7.57. The molecule has 1 aliphatic carbocycles. The first-order valence-electron chi connectivity index (χ1n) is 7.27. The summed E-state index contributed by atoms with van der Waals surface area (Å²) in [6.07, 6.45) is 3.39. The number of carbonyl (C=O) groups is 1. The van der Waals surface area contributed by atoms with E-state index in [2.05, 4.69) is 35.1 Å². The van der Waals surface area contributed by atoms with Crippen LogP contribution in [0.15, 0.2) is 22.7 Å². The zero-order valence-electron chi connectivity index (χ0n) is 12.6. The van der Waals surface area contributed by atoms with Gasteiger partial charge in [-0.15, -0.1) is 0 Å². The monoisotopic (exact) mass is 354 g/mol. The molecule has 0 bridgehead atoms. The molecule has 1 aromatic carbocycles. The molecule has 0 heterocycles. The smallest absolute Gasteiger partial charge is 0.252 e. The van der Waals surface area contributed by atoms with E-state index in [9.17, 15) is 9.90 Å². The molecule has 4 nitrogen and oxygen atoms in total. The molecule has 2 rings (SSSR count). The fraction of sp³-hybridized carbons (Fsp3) is 0.562. The second-order valence-electron chi connectivity index (χ2n) is 6.78. The summed E-state index contributed by atoms with van der Waals surface area (Å²) in [7, 11) is 0. The number of nitrogen functional groups attached to an aromatic ring is 1. The van der Waals surface area contributed by atoms with Gasteiger partial charge in [-0.3, -0.25) is 4.79 Å². The standard InChI is InChI=1S/C16H23BrN2O2/c1-15(2)6-8-16(21,9-7-15)10-19-14(20)11-4-3-5-12(18)13(11)17/h3-5,21H,6-10,18H2,1-2H3,(H,19,20). The Balaban J connectivity index is 1.97. The average molecular weight is 355 g/mol. The van der Waals surface area contributed by atoms with Crippen LogP contribution in [0.5, 0.6) is 0 Å². The maximum absolute atomic E-state index is 12.2.